The molecule has 0 spiro atoms. The van der Waals surface area contributed by atoms with Crippen LogP contribution in [-0.2, 0) is 18.3 Å². The van der Waals surface area contributed by atoms with E-state index in [4.69, 9.17) is 17.3 Å². The summed E-state index contributed by atoms with van der Waals surface area (Å²) in [6.45, 7) is 3.69. The number of ketones is 1. The molecule has 1 saturated carbocycles. The van der Waals surface area contributed by atoms with Gasteiger partial charge in [0.2, 0.25) is 0 Å². The lowest BCUT2D eigenvalue weighted by Gasteiger charge is -2.22. The molecule has 5 heteroatoms. The van der Waals surface area contributed by atoms with Crippen molar-refractivity contribution >= 4 is 17.4 Å². The van der Waals surface area contributed by atoms with Gasteiger partial charge >= 0.3 is 0 Å². The zero-order chi connectivity index (χ0) is 12.8. The molecule has 0 aliphatic heterocycles. The monoisotopic (exact) mass is 255 g/mol. The number of nitrogens with two attached hydrogens (primary N) is 1. The minimum atomic E-state index is -0.717. The van der Waals surface area contributed by atoms with Gasteiger partial charge in [-0.2, -0.15) is 5.10 Å². The third kappa shape index (κ3) is 2.24. The first-order valence-corrected chi connectivity index (χ1v) is 6.22. The van der Waals surface area contributed by atoms with Crippen LogP contribution in [0.25, 0.3) is 0 Å². The Balaban J connectivity index is 2.18. The van der Waals surface area contributed by atoms with Gasteiger partial charge in [0.05, 0.1) is 11.2 Å². The molecule has 2 N–H and O–H groups in total. The molecule has 2 rings (SSSR count). The molecule has 1 aromatic rings. The van der Waals surface area contributed by atoms with Gasteiger partial charge in [0.25, 0.3) is 0 Å². The third-order valence-corrected chi connectivity index (χ3v) is 4.11. The second kappa shape index (κ2) is 4.10. The van der Waals surface area contributed by atoms with E-state index in [2.05, 4.69) is 5.10 Å². The van der Waals surface area contributed by atoms with Gasteiger partial charge in [-0.1, -0.05) is 11.6 Å². The molecule has 0 bridgehead atoms. The third-order valence-electron chi connectivity index (χ3n) is 3.63. The number of rotatable bonds is 4. The van der Waals surface area contributed by atoms with Gasteiger partial charge in [0.15, 0.2) is 5.78 Å². The maximum absolute atomic E-state index is 12.2. The van der Waals surface area contributed by atoms with E-state index in [1.807, 2.05) is 13.8 Å². The molecular weight excluding hydrogens is 238 g/mol. The number of carbonyl (C=O) groups excluding carboxylic acids is 1. The van der Waals surface area contributed by atoms with Gasteiger partial charge < -0.3 is 5.73 Å². The molecule has 1 fully saturated rings. The first kappa shape index (κ1) is 12.6. The molecule has 1 unspecified atom stereocenters. The number of halogens is 1. The molecule has 1 heterocycles. The first-order chi connectivity index (χ1) is 7.84. The Bertz CT molecular complexity index is 461. The minimum Gasteiger partial charge on any atom is -0.319 e. The normalized spacial score (nSPS) is 19.1. The fourth-order valence-corrected chi connectivity index (χ4v) is 2.38. The van der Waals surface area contributed by atoms with E-state index in [1.54, 1.807) is 11.7 Å². The van der Waals surface area contributed by atoms with E-state index >= 15 is 0 Å². The zero-order valence-corrected chi connectivity index (χ0v) is 11.2. The summed E-state index contributed by atoms with van der Waals surface area (Å²) in [7, 11) is 1.77. The molecule has 17 heavy (non-hydrogen) atoms. The van der Waals surface area contributed by atoms with Crippen LogP contribution in [0, 0.1) is 12.8 Å². The zero-order valence-electron chi connectivity index (χ0n) is 10.5. The predicted molar refractivity (Wildman–Crippen MR) is 67.0 cm³/mol. The van der Waals surface area contributed by atoms with Crippen LogP contribution in [-0.4, -0.2) is 21.1 Å². The van der Waals surface area contributed by atoms with Crippen molar-refractivity contribution in [1.82, 2.24) is 9.78 Å². The summed E-state index contributed by atoms with van der Waals surface area (Å²) in [5, 5.41) is 4.73. The summed E-state index contributed by atoms with van der Waals surface area (Å²) >= 11 is 6.11. The maximum atomic E-state index is 12.2. The van der Waals surface area contributed by atoms with Gasteiger partial charge in [0, 0.05) is 19.0 Å². The number of hydrogen-bond acceptors (Lipinski definition) is 3. The summed E-state index contributed by atoms with van der Waals surface area (Å²) < 4.78 is 1.59. The first-order valence-electron chi connectivity index (χ1n) is 5.84. The van der Waals surface area contributed by atoms with Crippen LogP contribution in [0.4, 0.5) is 0 Å². The Morgan fingerprint density at radius 3 is 2.65 bits per heavy atom. The second-order valence-corrected chi connectivity index (χ2v) is 5.49. The van der Waals surface area contributed by atoms with Crippen LogP contribution in [0.1, 0.15) is 31.0 Å². The fraction of sp³-hybridized carbons (Fsp3) is 0.667. The maximum Gasteiger partial charge on any atom is 0.157 e. The molecule has 0 radical (unpaired) electrons. The lowest BCUT2D eigenvalue weighted by molar-refractivity contribution is -0.123. The lowest BCUT2D eigenvalue weighted by Crippen LogP contribution is -2.48. The fourth-order valence-electron chi connectivity index (χ4n) is 2.14. The summed E-state index contributed by atoms with van der Waals surface area (Å²) in [6.07, 6.45) is 2.39. The minimum absolute atomic E-state index is 0.0537. The molecule has 94 valence electrons. The Morgan fingerprint density at radius 2 is 2.24 bits per heavy atom. The molecule has 0 saturated heterocycles. The van der Waals surface area contributed by atoms with Crippen molar-refractivity contribution in [1.29, 1.82) is 0 Å². The smallest absolute Gasteiger partial charge is 0.157 e. The largest absolute Gasteiger partial charge is 0.319 e. The van der Waals surface area contributed by atoms with Gasteiger partial charge in [-0.15, -0.1) is 0 Å². The summed E-state index contributed by atoms with van der Waals surface area (Å²) in [5.74, 6) is 0.392. The summed E-state index contributed by atoms with van der Waals surface area (Å²) in [5.41, 5.74) is 6.99. The quantitative estimate of drug-likeness (QED) is 0.889. The number of hydrogen-bond donors (Lipinski definition) is 1. The van der Waals surface area contributed by atoms with Crippen molar-refractivity contribution in [2.75, 3.05) is 0 Å². The van der Waals surface area contributed by atoms with Gasteiger partial charge in [-0.05, 0) is 32.6 Å². The SMILES string of the molecule is Cc1nn(C)c(Cl)c1CC(=O)C(C)(N)C1CC1. The average molecular weight is 256 g/mol. The van der Waals surface area contributed by atoms with Gasteiger partial charge in [-0.25, -0.2) is 0 Å². The molecule has 0 amide bonds. The molecular formula is C12H18ClN3O. The highest BCUT2D eigenvalue weighted by molar-refractivity contribution is 6.30. The van der Waals surface area contributed by atoms with Gasteiger partial charge in [-0.3, -0.25) is 9.48 Å². The van der Waals surface area contributed by atoms with Crippen LogP contribution in [0.2, 0.25) is 5.15 Å². The molecule has 0 aromatic carbocycles. The standard InChI is InChI=1S/C12H18ClN3O/c1-7-9(11(13)16(3)15-7)6-10(17)12(2,14)8-4-5-8/h8H,4-6,14H2,1-3H3. The van der Waals surface area contributed by atoms with E-state index in [0.717, 1.165) is 24.1 Å². The van der Waals surface area contributed by atoms with E-state index in [0.29, 0.717) is 11.1 Å². The van der Waals surface area contributed by atoms with Crippen LogP contribution in [0.3, 0.4) is 0 Å². The Morgan fingerprint density at radius 1 is 1.65 bits per heavy atom. The van der Waals surface area contributed by atoms with Crippen molar-refractivity contribution in [2.24, 2.45) is 18.7 Å². The van der Waals surface area contributed by atoms with Crippen molar-refractivity contribution < 1.29 is 4.79 Å². The number of aryl methyl sites for hydroxylation is 2. The van der Waals surface area contributed by atoms with Crippen molar-refractivity contribution in [2.45, 2.75) is 38.6 Å². The molecule has 1 aromatic heterocycles. The van der Waals surface area contributed by atoms with Crippen molar-refractivity contribution in [3.63, 3.8) is 0 Å². The van der Waals surface area contributed by atoms with Crippen molar-refractivity contribution in [3.8, 4) is 0 Å². The average Bonchev–Trinajstić information content (AvgIpc) is 3.04. The molecule has 4 nitrogen and oxygen atoms in total. The molecule has 1 atom stereocenters. The van der Waals surface area contributed by atoms with E-state index in [9.17, 15) is 4.79 Å². The van der Waals surface area contributed by atoms with Crippen molar-refractivity contribution in [3.05, 3.63) is 16.4 Å². The Kier molecular flexibility index (Phi) is 3.04. The summed E-state index contributed by atoms with van der Waals surface area (Å²) in [4.78, 5) is 12.2. The van der Waals surface area contributed by atoms with Crippen LogP contribution in [0.15, 0.2) is 0 Å². The van der Waals surface area contributed by atoms with Crippen LogP contribution < -0.4 is 5.73 Å². The highest BCUT2D eigenvalue weighted by Crippen LogP contribution is 2.39. The van der Waals surface area contributed by atoms with Crippen LogP contribution in [0.5, 0.6) is 0 Å². The number of Topliss-reactive ketones (excluding diaryl/α,β-unsaturated/α-hetero) is 1. The highest BCUT2D eigenvalue weighted by Gasteiger charge is 2.43. The van der Waals surface area contributed by atoms with E-state index < -0.39 is 5.54 Å². The van der Waals surface area contributed by atoms with E-state index in [1.165, 1.54) is 0 Å². The van der Waals surface area contributed by atoms with E-state index in [-0.39, 0.29) is 12.2 Å². The molecule has 1 aliphatic rings. The number of aromatic nitrogens is 2. The lowest BCUT2D eigenvalue weighted by atomic mass is 9.88. The Labute approximate surface area is 106 Å². The Hall–Kier alpha value is -0.870. The predicted octanol–water partition coefficient (Wildman–Crippen LogP) is 1.62. The van der Waals surface area contributed by atoms with Crippen LogP contribution >= 0.6 is 11.6 Å². The second-order valence-electron chi connectivity index (χ2n) is 5.14. The number of carbonyl (C=O) groups is 1. The summed E-state index contributed by atoms with van der Waals surface area (Å²) in [6, 6.07) is 0. The highest BCUT2D eigenvalue weighted by atomic mass is 35.5. The number of nitrogens with zero attached hydrogens (tertiary/aromatic N) is 2. The van der Waals surface area contributed by atoms with Gasteiger partial charge in [0.1, 0.15) is 5.15 Å². The molecule has 1 aliphatic carbocycles. The topological polar surface area (TPSA) is 60.9 Å².